The van der Waals surface area contributed by atoms with Crippen LogP contribution in [0.4, 0.5) is 0 Å². The first-order valence-electron chi connectivity index (χ1n) is 12.1. The van der Waals surface area contributed by atoms with Gasteiger partial charge in [-0.05, 0) is 34.9 Å². The number of aromatic amines is 1. The van der Waals surface area contributed by atoms with Gasteiger partial charge in [0.05, 0.1) is 18.3 Å². The highest BCUT2D eigenvalue weighted by Gasteiger charge is 2.29. The fraction of sp³-hybridized carbons (Fsp3) is 0.296. The molecular formula is C27H27N6O3. The van der Waals surface area contributed by atoms with Crippen LogP contribution >= 0.6 is 0 Å². The van der Waals surface area contributed by atoms with Crippen LogP contribution in [0.3, 0.4) is 0 Å². The van der Waals surface area contributed by atoms with Crippen LogP contribution < -0.4 is 9.47 Å². The summed E-state index contributed by atoms with van der Waals surface area (Å²) in [6.45, 7) is 6.17. The van der Waals surface area contributed by atoms with Crippen molar-refractivity contribution in [2.45, 2.75) is 6.92 Å². The Balaban J connectivity index is 1.20. The number of nitrogens with zero attached hydrogens (tertiary/aromatic N) is 5. The molecule has 1 amide bonds. The number of ether oxygens (including phenoxy) is 2. The Bertz CT molecular complexity index is 1490. The summed E-state index contributed by atoms with van der Waals surface area (Å²) >= 11 is 0. The largest absolute Gasteiger partial charge is 0.493 e. The van der Waals surface area contributed by atoms with Crippen molar-refractivity contribution >= 4 is 39.0 Å². The summed E-state index contributed by atoms with van der Waals surface area (Å²) in [5.74, 6) is 1.45. The van der Waals surface area contributed by atoms with Gasteiger partial charge in [0.25, 0.3) is 0 Å². The number of aromatic nitrogens is 4. The van der Waals surface area contributed by atoms with Gasteiger partial charge in [0.1, 0.15) is 18.6 Å². The highest BCUT2D eigenvalue weighted by atomic mass is 16.5. The maximum absolute atomic E-state index is 11.5. The van der Waals surface area contributed by atoms with Gasteiger partial charge >= 0.3 is 0 Å². The Labute approximate surface area is 208 Å². The van der Waals surface area contributed by atoms with E-state index in [9.17, 15) is 4.79 Å². The number of methoxy groups -OCH3 is 1. The zero-order valence-corrected chi connectivity index (χ0v) is 20.3. The predicted molar refractivity (Wildman–Crippen MR) is 137 cm³/mol. The number of piperazine rings is 1. The number of allylic oxidation sites excluding steroid dienone is 2. The molecule has 0 saturated carbocycles. The van der Waals surface area contributed by atoms with E-state index in [4.69, 9.17) is 9.47 Å². The van der Waals surface area contributed by atoms with Crippen LogP contribution in [0.25, 0.3) is 33.1 Å². The van der Waals surface area contributed by atoms with Gasteiger partial charge in [0, 0.05) is 75.3 Å². The summed E-state index contributed by atoms with van der Waals surface area (Å²) in [5.41, 5.74) is 5.84. The Kier molecular flexibility index (Phi) is 5.77. The van der Waals surface area contributed by atoms with Crippen molar-refractivity contribution in [1.82, 2.24) is 29.7 Å². The smallest absolute Gasteiger partial charge is 0.219 e. The van der Waals surface area contributed by atoms with E-state index in [1.807, 2.05) is 35.5 Å². The maximum Gasteiger partial charge on any atom is 0.219 e. The summed E-state index contributed by atoms with van der Waals surface area (Å²) in [7, 11) is 1.64. The van der Waals surface area contributed by atoms with Crippen LogP contribution in [-0.4, -0.2) is 82.1 Å². The molecule has 1 saturated heterocycles. The summed E-state index contributed by atoms with van der Waals surface area (Å²) in [4.78, 5) is 32.4. The lowest BCUT2D eigenvalue weighted by atomic mass is 10.1. The lowest BCUT2D eigenvalue weighted by Gasteiger charge is -2.34. The van der Waals surface area contributed by atoms with E-state index < -0.39 is 0 Å². The Morgan fingerprint density at radius 2 is 1.92 bits per heavy atom. The van der Waals surface area contributed by atoms with Gasteiger partial charge < -0.3 is 19.4 Å². The molecule has 1 aliphatic carbocycles. The first kappa shape index (κ1) is 22.5. The van der Waals surface area contributed by atoms with Crippen molar-refractivity contribution in [3.05, 3.63) is 60.7 Å². The Hall–Kier alpha value is -3.98. The standard InChI is InChI=1S/C27H27N6O3/c1-17(34)33-7-5-32(6-8-33)9-10-36-25-14-23-22(13-24(25)35-2)26(31-16-30-23)21-12-20(21)19-11-18-3-4-28-27(18)29-15-19/h3-4,11-16H,5-10H2,1-2H3,(H,28,29). The molecular weight excluding hydrogens is 456 g/mol. The molecule has 9 nitrogen and oxygen atoms in total. The zero-order chi connectivity index (χ0) is 24.6. The normalized spacial score (nSPS) is 16.1. The number of hydrogen-bond acceptors (Lipinski definition) is 7. The summed E-state index contributed by atoms with van der Waals surface area (Å²) in [5, 5.41) is 2.00. The summed E-state index contributed by atoms with van der Waals surface area (Å²) in [6, 6.07) is 8.03. The number of nitrogens with one attached hydrogen (secondary N) is 1. The lowest BCUT2D eigenvalue weighted by Crippen LogP contribution is -2.48. The van der Waals surface area contributed by atoms with Crippen molar-refractivity contribution in [3.63, 3.8) is 0 Å². The molecule has 1 radical (unpaired) electrons. The lowest BCUT2D eigenvalue weighted by molar-refractivity contribution is -0.130. The number of pyridine rings is 1. The molecule has 1 aromatic carbocycles. The number of carbonyl (C=O) groups is 1. The van der Waals surface area contributed by atoms with Crippen molar-refractivity contribution in [3.8, 4) is 11.5 Å². The quantitative estimate of drug-likeness (QED) is 0.431. The van der Waals surface area contributed by atoms with Gasteiger partial charge in [-0.3, -0.25) is 9.69 Å². The third-order valence-electron chi connectivity index (χ3n) is 6.87. The molecule has 1 fully saturated rings. The Morgan fingerprint density at radius 3 is 2.72 bits per heavy atom. The minimum Gasteiger partial charge on any atom is -0.493 e. The molecule has 2 aliphatic rings. The highest BCUT2D eigenvalue weighted by molar-refractivity contribution is 6.20. The molecule has 0 bridgehead atoms. The van der Waals surface area contributed by atoms with Gasteiger partial charge in [0.15, 0.2) is 11.5 Å². The van der Waals surface area contributed by atoms with Crippen LogP contribution in [0.15, 0.2) is 43.0 Å². The van der Waals surface area contributed by atoms with Crippen molar-refractivity contribution < 1.29 is 14.3 Å². The molecule has 0 unspecified atom stereocenters. The molecule has 9 heteroatoms. The number of amides is 1. The highest BCUT2D eigenvalue weighted by Crippen LogP contribution is 2.47. The molecule has 6 rings (SSSR count). The fourth-order valence-electron chi connectivity index (χ4n) is 4.75. The second kappa shape index (κ2) is 9.23. The van der Waals surface area contributed by atoms with E-state index in [-0.39, 0.29) is 5.91 Å². The average Bonchev–Trinajstić information content (AvgIpc) is 3.56. The minimum atomic E-state index is 0.137. The molecule has 36 heavy (non-hydrogen) atoms. The fourth-order valence-corrected chi connectivity index (χ4v) is 4.75. The van der Waals surface area contributed by atoms with Crippen molar-refractivity contribution in [2.24, 2.45) is 0 Å². The van der Waals surface area contributed by atoms with Crippen LogP contribution in [0, 0.1) is 6.42 Å². The van der Waals surface area contributed by atoms with Crippen LogP contribution in [0.1, 0.15) is 18.2 Å². The molecule has 0 atom stereocenters. The van der Waals surface area contributed by atoms with E-state index in [1.54, 1.807) is 20.4 Å². The van der Waals surface area contributed by atoms with Crippen LogP contribution in [-0.2, 0) is 4.79 Å². The minimum absolute atomic E-state index is 0.137. The first-order chi connectivity index (χ1) is 17.6. The van der Waals surface area contributed by atoms with Gasteiger partial charge in [-0.25, -0.2) is 15.0 Å². The third-order valence-corrected chi connectivity index (χ3v) is 6.87. The number of fused-ring (bicyclic) bond motifs is 2. The first-order valence-corrected chi connectivity index (χ1v) is 12.1. The molecule has 4 heterocycles. The van der Waals surface area contributed by atoms with E-state index in [1.165, 1.54) is 0 Å². The van der Waals surface area contributed by atoms with Gasteiger partial charge in [-0.1, -0.05) is 0 Å². The van der Waals surface area contributed by atoms with E-state index in [2.05, 4.69) is 37.3 Å². The summed E-state index contributed by atoms with van der Waals surface area (Å²) < 4.78 is 11.8. The predicted octanol–water partition coefficient (Wildman–Crippen LogP) is 3.19. The van der Waals surface area contributed by atoms with Crippen LogP contribution in [0.2, 0.25) is 0 Å². The number of carbonyl (C=O) groups excluding carboxylic acids is 1. The number of hydrogen-bond donors (Lipinski definition) is 1. The Morgan fingerprint density at radius 1 is 1.06 bits per heavy atom. The second-order valence-electron chi connectivity index (χ2n) is 9.05. The van der Waals surface area contributed by atoms with Crippen molar-refractivity contribution in [2.75, 3.05) is 46.4 Å². The number of H-pyrrole nitrogens is 1. The van der Waals surface area contributed by atoms with E-state index in [0.717, 1.165) is 77.1 Å². The zero-order valence-electron chi connectivity index (χ0n) is 20.3. The number of benzene rings is 1. The maximum atomic E-state index is 11.5. The average molecular weight is 484 g/mol. The van der Waals surface area contributed by atoms with E-state index in [0.29, 0.717) is 18.1 Å². The monoisotopic (exact) mass is 483 g/mol. The van der Waals surface area contributed by atoms with Gasteiger partial charge in [-0.15, -0.1) is 0 Å². The molecule has 1 N–H and O–H groups in total. The number of rotatable bonds is 7. The SMILES string of the molecule is COc1cc2c(C3=C(c4cnc5[nH]ccc5c4)[CH]3)ncnc2cc1OCCN1CCN(C(C)=O)CC1. The molecule has 4 aromatic rings. The summed E-state index contributed by atoms with van der Waals surface area (Å²) in [6.07, 6.45) is 7.49. The third kappa shape index (κ3) is 4.26. The molecule has 1 aliphatic heterocycles. The topological polar surface area (TPSA) is 96.5 Å². The van der Waals surface area contributed by atoms with Gasteiger partial charge in [-0.2, -0.15) is 0 Å². The van der Waals surface area contributed by atoms with E-state index >= 15 is 0 Å². The molecule has 3 aromatic heterocycles. The van der Waals surface area contributed by atoms with Crippen molar-refractivity contribution in [1.29, 1.82) is 0 Å². The van der Waals surface area contributed by atoms with Crippen LogP contribution in [0.5, 0.6) is 11.5 Å². The second-order valence-corrected chi connectivity index (χ2v) is 9.05. The molecule has 183 valence electrons. The molecule has 0 spiro atoms. The van der Waals surface area contributed by atoms with Gasteiger partial charge in [0.2, 0.25) is 5.91 Å².